The number of aryl methyl sites for hydroxylation is 1. The minimum Gasteiger partial charge on any atom is -0.495 e. The Labute approximate surface area is 168 Å². The maximum atomic E-state index is 12.3. The van der Waals surface area contributed by atoms with Crippen LogP contribution in [0, 0.1) is 6.92 Å². The van der Waals surface area contributed by atoms with E-state index >= 15 is 0 Å². The standard InChI is InChI=1S/C19H22N2O7S/c1-13-5-6-14(28-13)7-10-19(23)27-12-18(22)20-16-11-15(8-9-17(16)26-4)29(24,25)21(2)3/h5-11H,12H2,1-4H3,(H,20,22). The van der Waals surface area contributed by atoms with E-state index in [2.05, 4.69) is 5.32 Å². The molecule has 0 unspecified atom stereocenters. The van der Waals surface area contributed by atoms with Gasteiger partial charge in [-0.1, -0.05) is 0 Å². The van der Waals surface area contributed by atoms with Gasteiger partial charge in [0.05, 0.1) is 17.7 Å². The van der Waals surface area contributed by atoms with E-state index in [1.165, 1.54) is 45.5 Å². The molecule has 1 N–H and O–H groups in total. The number of hydrogen-bond donors (Lipinski definition) is 1. The van der Waals surface area contributed by atoms with Crippen LogP contribution in [0.2, 0.25) is 0 Å². The first kappa shape index (κ1) is 22.2. The first-order chi connectivity index (χ1) is 13.6. The van der Waals surface area contributed by atoms with Crippen LogP contribution in [0.3, 0.4) is 0 Å². The second-order valence-electron chi connectivity index (χ2n) is 6.09. The summed E-state index contributed by atoms with van der Waals surface area (Å²) >= 11 is 0. The van der Waals surface area contributed by atoms with Crippen LogP contribution < -0.4 is 10.1 Å². The predicted molar refractivity (Wildman–Crippen MR) is 106 cm³/mol. The maximum Gasteiger partial charge on any atom is 0.331 e. The van der Waals surface area contributed by atoms with E-state index in [4.69, 9.17) is 13.9 Å². The van der Waals surface area contributed by atoms with Crippen molar-refractivity contribution in [2.75, 3.05) is 33.1 Å². The number of anilines is 1. The lowest BCUT2D eigenvalue weighted by Crippen LogP contribution is -2.23. The van der Waals surface area contributed by atoms with Gasteiger partial charge < -0.3 is 19.2 Å². The molecule has 0 aliphatic rings. The van der Waals surface area contributed by atoms with Crippen LogP contribution in [0.5, 0.6) is 5.75 Å². The van der Waals surface area contributed by atoms with Crippen LogP contribution in [-0.4, -0.2) is 52.4 Å². The summed E-state index contributed by atoms with van der Waals surface area (Å²) in [6.45, 7) is 1.21. The van der Waals surface area contributed by atoms with Crippen molar-refractivity contribution in [3.8, 4) is 5.75 Å². The van der Waals surface area contributed by atoms with Gasteiger partial charge >= 0.3 is 5.97 Å². The first-order valence-corrected chi connectivity index (χ1v) is 9.89. The number of hydrogen-bond acceptors (Lipinski definition) is 7. The lowest BCUT2D eigenvalue weighted by atomic mass is 10.3. The molecule has 9 nitrogen and oxygen atoms in total. The second kappa shape index (κ2) is 9.39. The maximum absolute atomic E-state index is 12.3. The van der Waals surface area contributed by atoms with Gasteiger partial charge in [0.15, 0.2) is 6.61 Å². The zero-order valence-electron chi connectivity index (χ0n) is 16.5. The number of esters is 1. The summed E-state index contributed by atoms with van der Waals surface area (Å²) in [6, 6.07) is 7.49. The van der Waals surface area contributed by atoms with E-state index in [1.807, 2.05) is 0 Å². The summed E-state index contributed by atoms with van der Waals surface area (Å²) < 4.78 is 40.9. The fraction of sp³-hybridized carbons (Fsp3) is 0.263. The molecule has 2 aromatic rings. The minimum atomic E-state index is -3.69. The van der Waals surface area contributed by atoms with E-state index in [-0.39, 0.29) is 16.3 Å². The fourth-order valence-electron chi connectivity index (χ4n) is 2.22. The highest BCUT2D eigenvalue weighted by Gasteiger charge is 2.20. The minimum absolute atomic E-state index is 0.0210. The molecule has 1 aromatic heterocycles. The fourth-order valence-corrected chi connectivity index (χ4v) is 3.15. The van der Waals surface area contributed by atoms with E-state index < -0.39 is 28.5 Å². The molecular formula is C19H22N2O7S. The molecule has 0 atom stereocenters. The molecule has 156 valence electrons. The number of nitrogens with zero attached hydrogens (tertiary/aromatic N) is 1. The summed E-state index contributed by atoms with van der Waals surface area (Å²) in [5.41, 5.74) is 0.137. The molecule has 0 spiro atoms. The number of rotatable bonds is 8. The number of methoxy groups -OCH3 is 1. The highest BCUT2D eigenvalue weighted by atomic mass is 32.2. The van der Waals surface area contributed by atoms with E-state index in [9.17, 15) is 18.0 Å². The van der Waals surface area contributed by atoms with Gasteiger partial charge in [-0.05, 0) is 43.3 Å². The lowest BCUT2D eigenvalue weighted by Gasteiger charge is -2.15. The van der Waals surface area contributed by atoms with Gasteiger partial charge in [-0.15, -0.1) is 0 Å². The van der Waals surface area contributed by atoms with Crippen molar-refractivity contribution in [3.05, 3.63) is 47.9 Å². The second-order valence-corrected chi connectivity index (χ2v) is 8.24. The Bertz CT molecular complexity index is 1020. The molecule has 29 heavy (non-hydrogen) atoms. The highest BCUT2D eigenvalue weighted by Crippen LogP contribution is 2.28. The van der Waals surface area contributed by atoms with Gasteiger partial charge in [0, 0.05) is 20.2 Å². The van der Waals surface area contributed by atoms with Crippen LogP contribution in [0.25, 0.3) is 6.08 Å². The zero-order valence-corrected chi connectivity index (χ0v) is 17.3. The van der Waals surface area contributed by atoms with E-state index in [0.717, 1.165) is 10.4 Å². The van der Waals surface area contributed by atoms with Crippen molar-refractivity contribution in [1.82, 2.24) is 4.31 Å². The number of ether oxygens (including phenoxy) is 2. The number of carbonyl (C=O) groups excluding carboxylic acids is 2. The molecule has 1 amide bonds. The smallest absolute Gasteiger partial charge is 0.331 e. The number of sulfonamides is 1. The number of benzene rings is 1. The molecule has 2 rings (SSSR count). The van der Waals surface area contributed by atoms with Gasteiger partial charge in [0.1, 0.15) is 17.3 Å². The Balaban J connectivity index is 2.02. The Kier molecular flexibility index (Phi) is 7.18. The largest absolute Gasteiger partial charge is 0.495 e. The SMILES string of the molecule is COc1ccc(S(=O)(=O)N(C)C)cc1NC(=O)COC(=O)C=Cc1ccc(C)o1. The van der Waals surface area contributed by atoms with Crippen molar-refractivity contribution in [3.63, 3.8) is 0 Å². The monoisotopic (exact) mass is 422 g/mol. The van der Waals surface area contributed by atoms with Gasteiger partial charge in [-0.2, -0.15) is 0 Å². The summed E-state index contributed by atoms with van der Waals surface area (Å²) in [5, 5.41) is 2.48. The van der Waals surface area contributed by atoms with Crippen LogP contribution in [-0.2, 0) is 24.3 Å². The lowest BCUT2D eigenvalue weighted by molar-refractivity contribution is -0.142. The zero-order chi connectivity index (χ0) is 21.6. The molecule has 0 saturated heterocycles. The Morgan fingerprint density at radius 3 is 2.52 bits per heavy atom. The third-order valence-electron chi connectivity index (χ3n) is 3.71. The topological polar surface area (TPSA) is 115 Å². The molecular weight excluding hydrogens is 400 g/mol. The van der Waals surface area contributed by atoms with Crippen molar-refractivity contribution in [2.24, 2.45) is 0 Å². The van der Waals surface area contributed by atoms with Gasteiger partial charge in [-0.25, -0.2) is 17.5 Å². The molecule has 0 saturated carbocycles. The predicted octanol–water partition coefficient (Wildman–Crippen LogP) is 2.04. The number of carbonyl (C=O) groups is 2. The molecule has 1 heterocycles. The van der Waals surface area contributed by atoms with Crippen LogP contribution in [0.4, 0.5) is 5.69 Å². The average molecular weight is 422 g/mol. The number of nitrogens with one attached hydrogen (secondary N) is 1. The van der Waals surface area contributed by atoms with Crippen LogP contribution in [0.1, 0.15) is 11.5 Å². The van der Waals surface area contributed by atoms with Crippen molar-refractivity contribution < 1.29 is 31.9 Å². The summed E-state index contributed by atoms with van der Waals surface area (Å²) in [6.07, 6.45) is 2.56. The van der Waals surface area contributed by atoms with Crippen LogP contribution in [0.15, 0.2) is 45.7 Å². The Hall–Kier alpha value is -3.11. The van der Waals surface area contributed by atoms with Gasteiger partial charge in [0.25, 0.3) is 5.91 Å². The molecule has 0 aliphatic heterocycles. The molecule has 10 heteroatoms. The first-order valence-electron chi connectivity index (χ1n) is 8.45. The third kappa shape index (κ3) is 5.93. The van der Waals surface area contributed by atoms with Crippen molar-refractivity contribution >= 4 is 33.7 Å². The highest BCUT2D eigenvalue weighted by molar-refractivity contribution is 7.89. The molecule has 1 aromatic carbocycles. The molecule has 0 radical (unpaired) electrons. The van der Waals surface area contributed by atoms with Crippen molar-refractivity contribution in [1.29, 1.82) is 0 Å². The summed E-state index contributed by atoms with van der Waals surface area (Å²) in [4.78, 5) is 23.8. The Morgan fingerprint density at radius 2 is 1.93 bits per heavy atom. The van der Waals surface area contributed by atoms with E-state index in [1.54, 1.807) is 19.1 Å². The van der Waals surface area contributed by atoms with Gasteiger partial charge in [0.2, 0.25) is 10.0 Å². The van der Waals surface area contributed by atoms with Gasteiger partial charge in [-0.3, -0.25) is 4.79 Å². The molecule has 0 aliphatic carbocycles. The summed E-state index contributed by atoms with van der Waals surface area (Å²) in [5.74, 6) is 0.0521. The normalized spacial score (nSPS) is 11.6. The number of amides is 1. The van der Waals surface area contributed by atoms with E-state index in [0.29, 0.717) is 11.5 Å². The quantitative estimate of drug-likeness (QED) is 0.511. The van der Waals surface area contributed by atoms with Crippen LogP contribution >= 0.6 is 0 Å². The average Bonchev–Trinajstić information content (AvgIpc) is 3.09. The molecule has 0 fully saturated rings. The molecule has 0 bridgehead atoms. The third-order valence-corrected chi connectivity index (χ3v) is 5.53. The van der Waals surface area contributed by atoms with Crippen molar-refractivity contribution in [2.45, 2.75) is 11.8 Å². The summed E-state index contributed by atoms with van der Waals surface area (Å²) in [7, 11) is 0.482. The Morgan fingerprint density at radius 1 is 1.21 bits per heavy atom. The number of furan rings is 1.